The molecule has 1 atom stereocenters. The third kappa shape index (κ3) is 8.51. The van der Waals surface area contributed by atoms with Crippen LogP contribution in [0.2, 0.25) is 0 Å². The van der Waals surface area contributed by atoms with E-state index in [1.54, 1.807) is 0 Å². The average Bonchev–Trinajstić information content (AvgIpc) is 2.56. The molecule has 1 unspecified atom stereocenters. The standard InChI is InChI=1S/C20H33O2P.ClH/c1-4-7-10-18(11-8-5-2)17-19-12-14-20(15-13-19)23(21,22)16-9-6-3;/h12-15,17H,4-11,16H2,1-3H3,(H,21,22);1H. The Balaban J connectivity index is 0.00000529. The molecule has 0 spiro atoms. The quantitative estimate of drug-likeness (QED) is 0.446. The summed E-state index contributed by atoms with van der Waals surface area (Å²) in [4.78, 5) is 10.2. The van der Waals surface area contributed by atoms with Crippen LogP contribution in [0.5, 0.6) is 0 Å². The minimum atomic E-state index is -3.17. The molecule has 0 saturated heterocycles. The molecule has 138 valence electrons. The molecule has 0 aliphatic rings. The van der Waals surface area contributed by atoms with Crippen molar-refractivity contribution in [1.29, 1.82) is 0 Å². The second-order valence-electron chi connectivity index (χ2n) is 6.38. The zero-order valence-electron chi connectivity index (χ0n) is 15.5. The van der Waals surface area contributed by atoms with Crippen LogP contribution < -0.4 is 5.30 Å². The highest BCUT2D eigenvalue weighted by atomic mass is 35.5. The molecule has 0 radical (unpaired) electrons. The number of rotatable bonds is 11. The summed E-state index contributed by atoms with van der Waals surface area (Å²) in [5, 5.41) is 0.590. The molecule has 0 aromatic heterocycles. The van der Waals surface area contributed by atoms with Crippen LogP contribution in [0.1, 0.15) is 77.7 Å². The largest absolute Gasteiger partial charge is 0.341 e. The number of allylic oxidation sites excluding steroid dienone is 1. The van der Waals surface area contributed by atoms with Gasteiger partial charge in [-0.1, -0.05) is 63.8 Å². The predicted molar refractivity (Wildman–Crippen MR) is 110 cm³/mol. The zero-order valence-corrected chi connectivity index (χ0v) is 17.2. The van der Waals surface area contributed by atoms with Crippen molar-refractivity contribution in [2.45, 2.75) is 72.1 Å². The highest BCUT2D eigenvalue weighted by Crippen LogP contribution is 2.40. The maximum atomic E-state index is 12.3. The summed E-state index contributed by atoms with van der Waals surface area (Å²) >= 11 is 0. The minimum absolute atomic E-state index is 0. The van der Waals surface area contributed by atoms with E-state index in [4.69, 9.17) is 0 Å². The number of benzene rings is 1. The van der Waals surface area contributed by atoms with E-state index < -0.39 is 7.37 Å². The van der Waals surface area contributed by atoms with Crippen LogP contribution >= 0.6 is 19.8 Å². The molecule has 1 aromatic carbocycles. The molecule has 0 bridgehead atoms. The molecule has 1 N–H and O–H groups in total. The van der Waals surface area contributed by atoms with E-state index in [1.807, 2.05) is 31.2 Å². The molecule has 0 fully saturated rings. The van der Waals surface area contributed by atoms with Crippen LogP contribution in [0, 0.1) is 0 Å². The van der Waals surface area contributed by atoms with Gasteiger partial charge in [-0.2, -0.15) is 0 Å². The Morgan fingerprint density at radius 3 is 1.92 bits per heavy atom. The zero-order chi connectivity index (χ0) is 17.1. The van der Waals surface area contributed by atoms with Crippen LogP contribution in [0.15, 0.2) is 29.8 Å². The summed E-state index contributed by atoms with van der Waals surface area (Å²) in [6, 6.07) is 7.64. The van der Waals surface area contributed by atoms with Crippen molar-refractivity contribution < 1.29 is 9.46 Å². The average molecular weight is 373 g/mol. The Kier molecular flexibility index (Phi) is 12.5. The summed E-state index contributed by atoms with van der Waals surface area (Å²) in [6.07, 6.45) is 11.6. The van der Waals surface area contributed by atoms with Gasteiger partial charge < -0.3 is 4.89 Å². The van der Waals surface area contributed by atoms with Gasteiger partial charge in [0, 0.05) is 11.5 Å². The summed E-state index contributed by atoms with van der Waals surface area (Å²) in [5.74, 6) is 0. The molecule has 4 heteroatoms. The summed E-state index contributed by atoms with van der Waals surface area (Å²) in [5.41, 5.74) is 2.64. The molecule has 2 nitrogen and oxygen atoms in total. The summed E-state index contributed by atoms with van der Waals surface area (Å²) in [7, 11) is -3.17. The van der Waals surface area contributed by atoms with E-state index in [-0.39, 0.29) is 12.4 Å². The van der Waals surface area contributed by atoms with E-state index in [1.165, 1.54) is 31.3 Å². The number of unbranched alkanes of at least 4 members (excludes halogenated alkanes) is 3. The normalized spacial score (nSPS) is 13.0. The monoisotopic (exact) mass is 372 g/mol. The highest BCUT2D eigenvalue weighted by Gasteiger charge is 2.19. The van der Waals surface area contributed by atoms with Gasteiger partial charge >= 0.3 is 0 Å². The molecular formula is C20H34ClO2P. The topological polar surface area (TPSA) is 37.3 Å². The van der Waals surface area contributed by atoms with E-state index in [0.717, 1.165) is 31.2 Å². The molecule has 0 amide bonds. The first-order valence-electron chi connectivity index (χ1n) is 9.15. The van der Waals surface area contributed by atoms with Gasteiger partial charge in [0.1, 0.15) is 0 Å². The van der Waals surface area contributed by atoms with E-state index in [0.29, 0.717) is 11.5 Å². The van der Waals surface area contributed by atoms with E-state index in [9.17, 15) is 9.46 Å². The van der Waals surface area contributed by atoms with Crippen LogP contribution in [-0.2, 0) is 4.57 Å². The van der Waals surface area contributed by atoms with Crippen molar-refractivity contribution in [2.24, 2.45) is 0 Å². The lowest BCUT2D eigenvalue weighted by molar-refractivity contribution is 0.487. The van der Waals surface area contributed by atoms with E-state index in [2.05, 4.69) is 19.9 Å². The van der Waals surface area contributed by atoms with Gasteiger partial charge in [-0.15, -0.1) is 12.4 Å². The number of hydrogen-bond acceptors (Lipinski definition) is 1. The minimum Gasteiger partial charge on any atom is -0.341 e. The van der Waals surface area contributed by atoms with Gasteiger partial charge in [0.15, 0.2) is 0 Å². The van der Waals surface area contributed by atoms with Crippen molar-refractivity contribution in [3.05, 3.63) is 35.4 Å². The van der Waals surface area contributed by atoms with Crippen molar-refractivity contribution in [2.75, 3.05) is 6.16 Å². The predicted octanol–water partition coefficient (Wildman–Crippen LogP) is 6.57. The Bertz CT molecular complexity index is 513. The van der Waals surface area contributed by atoms with Crippen LogP contribution in [0.25, 0.3) is 6.08 Å². The Morgan fingerprint density at radius 1 is 0.958 bits per heavy atom. The SMILES string of the molecule is CCCCC(=Cc1ccc(P(=O)(O)CCCC)cc1)CCCC.Cl. The third-order valence-electron chi connectivity index (χ3n) is 4.18. The van der Waals surface area contributed by atoms with Crippen LogP contribution in [0.3, 0.4) is 0 Å². The molecule has 1 rings (SSSR count). The van der Waals surface area contributed by atoms with Gasteiger partial charge in [0.2, 0.25) is 7.37 Å². The molecule has 0 aliphatic heterocycles. The molecule has 0 heterocycles. The Morgan fingerprint density at radius 2 is 1.46 bits per heavy atom. The fourth-order valence-electron chi connectivity index (χ4n) is 2.62. The third-order valence-corrected chi connectivity index (χ3v) is 6.21. The first kappa shape index (κ1) is 23.4. The molecular weight excluding hydrogens is 339 g/mol. The second kappa shape index (κ2) is 12.8. The van der Waals surface area contributed by atoms with E-state index >= 15 is 0 Å². The number of hydrogen-bond donors (Lipinski definition) is 1. The Labute approximate surface area is 154 Å². The smallest absolute Gasteiger partial charge is 0.229 e. The van der Waals surface area contributed by atoms with Crippen LogP contribution in [-0.4, -0.2) is 11.1 Å². The van der Waals surface area contributed by atoms with Crippen molar-refractivity contribution >= 4 is 31.2 Å². The van der Waals surface area contributed by atoms with Gasteiger partial charge in [-0.25, -0.2) is 0 Å². The summed E-state index contributed by atoms with van der Waals surface area (Å²) < 4.78 is 12.3. The maximum absolute atomic E-state index is 12.3. The van der Waals surface area contributed by atoms with Crippen molar-refractivity contribution in [1.82, 2.24) is 0 Å². The fraction of sp³-hybridized carbons (Fsp3) is 0.600. The maximum Gasteiger partial charge on any atom is 0.229 e. The number of halogens is 1. The lowest BCUT2D eigenvalue weighted by Gasteiger charge is -2.12. The molecule has 0 saturated carbocycles. The van der Waals surface area contributed by atoms with Crippen LogP contribution in [0.4, 0.5) is 0 Å². The van der Waals surface area contributed by atoms with Crippen molar-refractivity contribution in [3.8, 4) is 0 Å². The molecule has 1 aromatic rings. The van der Waals surface area contributed by atoms with Gasteiger partial charge in [0.25, 0.3) is 0 Å². The van der Waals surface area contributed by atoms with Gasteiger partial charge in [-0.05, 0) is 49.8 Å². The lowest BCUT2D eigenvalue weighted by Crippen LogP contribution is -2.07. The first-order valence-corrected chi connectivity index (χ1v) is 11.0. The lowest BCUT2D eigenvalue weighted by atomic mass is 10.00. The first-order chi connectivity index (χ1) is 11.0. The highest BCUT2D eigenvalue weighted by molar-refractivity contribution is 7.66. The van der Waals surface area contributed by atoms with Crippen molar-refractivity contribution in [3.63, 3.8) is 0 Å². The molecule has 0 aliphatic carbocycles. The van der Waals surface area contributed by atoms with Gasteiger partial charge in [0.05, 0.1) is 0 Å². The second-order valence-corrected chi connectivity index (χ2v) is 8.75. The molecule has 24 heavy (non-hydrogen) atoms. The fourth-order valence-corrected chi connectivity index (χ4v) is 4.24. The van der Waals surface area contributed by atoms with Gasteiger partial charge in [-0.3, -0.25) is 4.57 Å². The summed E-state index contributed by atoms with van der Waals surface area (Å²) in [6.45, 7) is 6.49. The Hall–Kier alpha value is -0.560.